The van der Waals surface area contributed by atoms with Crippen molar-refractivity contribution in [2.24, 2.45) is 0 Å². The summed E-state index contributed by atoms with van der Waals surface area (Å²) in [6.07, 6.45) is 3.80. The van der Waals surface area contributed by atoms with Crippen LogP contribution in [0.5, 0.6) is 0 Å². The van der Waals surface area contributed by atoms with E-state index < -0.39 is 0 Å². The van der Waals surface area contributed by atoms with Gasteiger partial charge in [-0.3, -0.25) is 0 Å². The maximum absolute atomic E-state index is 3.46. The van der Waals surface area contributed by atoms with Crippen LogP contribution in [0.25, 0.3) is 0 Å². The second-order valence-electron chi connectivity index (χ2n) is 5.52. The maximum Gasteiger partial charge on any atom is 0.0320 e. The van der Waals surface area contributed by atoms with Crippen molar-refractivity contribution in [3.63, 3.8) is 0 Å². The first-order valence-electron chi connectivity index (χ1n) is 6.98. The zero-order chi connectivity index (χ0) is 12.4. The lowest BCUT2D eigenvalue weighted by atomic mass is 9.79. The van der Waals surface area contributed by atoms with E-state index in [0.717, 1.165) is 5.92 Å². The zero-order valence-electron chi connectivity index (χ0n) is 11.6. The fourth-order valence-electron chi connectivity index (χ4n) is 2.91. The van der Waals surface area contributed by atoms with Crippen LogP contribution in [0.15, 0.2) is 18.2 Å². The van der Waals surface area contributed by atoms with Gasteiger partial charge in [-0.1, -0.05) is 39.0 Å². The summed E-state index contributed by atoms with van der Waals surface area (Å²) in [7, 11) is 2.08. The van der Waals surface area contributed by atoms with Crippen molar-refractivity contribution in [3.8, 4) is 0 Å². The van der Waals surface area contributed by atoms with Gasteiger partial charge in [0.05, 0.1) is 0 Å². The molecule has 0 radical (unpaired) electrons. The van der Waals surface area contributed by atoms with Crippen molar-refractivity contribution < 1.29 is 0 Å². The smallest absolute Gasteiger partial charge is 0.0320 e. The first-order chi connectivity index (χ1) is 8.17. The van der Waals surface area contributed by atoms with E-state index in [4.69, 9.17) is 0 Å². The average Bonchev–Trinajstić information content (AvgIpc) is 2.38. The van der Waals surface area contributed by atoms with E-state index in [-0.39, 0.29) is 0 Å². The molecule has 1 nitrogen and oxygen atoms in total. The van der Waals surface area contributed by atoms with Gasteiger partial charge in [-0.2, -0.15) is 0 Å². The summed E-state index contributed by atoms with van der Waals surface area (Å²) in [5.41, 5.74) is 4.60. The second kappa shape index (κ2) is 5.22. The minimum Gasteiger partial charge on any atom is -0.313 e. The third-order valence-corrected chi connectivity index (χ3v) is 4.44. The molecule has 0 saturated carbocycles. The van der Waals surface area contributed by atoms with Gasteiger partial charge in [-0.15, -0.1) is 0 Å². The monoisotopic (exact) mass is 231 g/mol. The summed E-state index contributed by atoms with van der Waals surface area (Å²) in [5, 5.41) is 3.46. The number of benzene rings is 1. The predicted molar refractivity (Wildman–Crippen MR) is 74.6 cm³/mol. The van der Waals surface area contributed by atoms with Crippen LogP contribution >= 0.6 is 0 Å². The SMILES string of the molecule is CCC(C)c1ccc2c(c1)C(NC)CCC2C. The maximum atomic E-state index is 3.46. The number of hydrogen-bond acceptors (Lipinski definition) is 1. The minimum absolute atomic E-state index is 0.560. The predicted octanol–water partition coefficient (Wildman–Crippen LogP) is 4.36. The lowest BCUT2D eigenvalue weighted by Crippen LogP contribution is -2.23. The first kappa shape index (κ1) is 12.6. The van der Waals surface area contributed by atoms with E-state index >= 15 is 0 Å². The van der Waals surface area contributed by atoms with Crippen LogP contribution in [0.2, 0.25) is 0 Å². The third-order valence-electron chi connectivity index (χ3n) is 4.44. The molecule has 17 heavy (non-hydrogen) atoms. The van der Waals surface area contributed by atoms with Crippen LogP contribution in [-0.4, -0.2) is 7.05 Å². The van der Waals surface area contributed by atoms with E-state index in [0.29, 0.717) is 12.0 Å². The Morgan fingerprint density at radius 2 is 2.06 bits per heavy atom. The van der Waals surface area contributed by atoms with E-state index in [1.54, 1.807) is 11.1 Å². The molecule has 1 aromatic carbocycles. The first-order valence-corrected chi connectivity index (χ1v) is 6.98. The number of nitrogens with one attached hydrogen (secondary N) is 1. The summed E-state index contributed by atoms with van der Waals surface area (Å²) in [6.45, 7) is 6.94. The molecule has 94 valence electrons. The summed E-state index contributed by atoms with van der Waals surface area (Å²) >= 11 is 0. The highest BCUT2D eigenvalue weighted by Crippen LogP contribution is 2.38. The van der Waals surface area contributed by atoms with Crippen LogP contribution in [0.1, 0.15) is 74.6 Å². The van der Waals surface area contributed by atoms with E-state index in [9.17, 15) is 0 Å². The van der Waals surface area contributed by atoms with Gasteiger partial charge in [0.25, 0.3) is 0 Å². The Morgan fingerprint density at radius 3 is 2.71 bits per heavy atom. The summed E-state index contributed by atoms with van der Waals surface area (Å²) in [5.74, 6) is 1.40. The Labute approximate surface area is 106 Å². The van der Waals surface area contributed by atoms with Crippen LogP contribution in [0, 0.1) is 0 Å². The number of fused-ring (bicyclic) bond motifs is 1. The van der Waals surface area contributed by atoms with Gasteiger partial charge in [-0.25, -0.2) is 0 Å². The van der Waals surface area contributed by atoms with Crippen LogP contribution in [0.3, 0.4) is 0 Å². The van der Waals surface area contributed by atoms with Crippen molar-refractivity contribution in [2.45, 2.75) is 57.9 Å². The molecule has 1 N–H and O–H groups in total. The highest BCUT2D eigenvalue weighted by Gasteiger charge is 2.24. The van der Waals surface area contributed by atoms with Crippen molar-refractivity contribution in [1.29, 1.82) is 0 Å². The molecule has 3 atom stereocenters. The normalized spacial score (nSPS) is 25.4. The molecule has 2 rings (SSSR count). The minimum atomic E-state index is 0.560. The molecule has 1 aliphatic rings. The fraction of sp³-hybridized carbons (Fsp3) is 0.625. The van der Waals surface area contributed by atoms with Gasteiger partial charge in [0, 0.05) is 6.04 Å². The summed E-state index contributed by atoms with van der Waals surface area (Å²) in [4.78, 5) is 0. The quantitative estimate of drug-likeness (QED) is 0.815. The molecule has 0 amide bonds. The average molecular weight is 231 g/mol. The molecule has 0 bridgehead atoms. The molecular formula is C16H25N. The molecule has 3 unspecified atom stereocenters. The lowest BCUT2D eigenvalue weighted by molar-refractivity contribution is 0.459. The number of hydrogen-bond donors (Lipinski definition) is 1. The van der Waals surface area contributed by atoms with Gasteiger partial charge in [0.15, 0.2) is 0 Å². The molecule has 0 heterocycles. The van der Waals surface area contributed by atoms with E-state index in [2.05, 4.69) is 51.3 Å². The lowest BCUT2D eigenvalue weighted by Gasteiger charge is -2.30. The van der Waals surface area contributed by atoms with Gasteiger partial charge in [-0.05, 0) is 54.8 Å². The van der Waals surface area contributed by atoms with Crippen LogP contribution in [-0.2, 0) is 0 Å². The molecule has 1 aromatic rings. The Kier molecular flexibility index (Phi) is 3.88. The zero-order valence-corrected chi connectivity index (χ0v) is 11.6. The number of rotatable bonds is 3. The van der Waals surface area contributed by atoms with Crippen molar-refractivity contribution in [1.82, 2.24) is 5.32 Å². The second-order valence-corrected chi connectivity index (χ2v) is 5.52. The van der Waals surface area contributed by atoms with E-state index in [1.807, 2.05) is 0 Å². The molecule has 0 aliphatic heterocycles. The Morgan fingerprint density at radius 1 is 1.29 bits per heavy atom. The van der Waals surface area contributed by atoms with Gasteiger partial charge < -0.3 is 5.32 Å². The van der Waals surface area contributed by atoms with Gasteiger partial charge in [0.2, 0.25) is 0 Å². The molecular weight excluding hydrogens is 206 g/mol. The van der Waals surface area contributed by atoms with Crippen LogP contribution in [0.4, 0.5) is 0 Å². The molecule has 0 spiro atoms. The van der Waals surface area contributed by atoms with Gasteiger partial charge in [0.1, 0.15) is 0 Å². The summed E-state index contributed by atoms with van der Waals surface area (Å²) in [6, 6.07) is 7.71. The Balaban J connectivity index is 2.40. The standard InChI is InChI=1S/C16H25N/c1-5-11(2)13-7-8-14-12(3)6-9-16(17-4)15(14)10-13/h7-8,10-12,16-17H,5-6,9H2,1-4H3. The largest absolute Gasteiger partial charge is 0.313 e. The Bertz CT molecular complexity index is 383. The van der Waals surface area contributed by atoms with Crippen molar-refractivity contribution in [2.75, 3.05) is 7.05 Å². The third kappa shape index (κ3) is 2.40. The molecule has 1 heteroatoms. The summed E-state index contributed by atoms with van der Waals surface area (Å²) < 4.78 is 0. The van der Waals surface area contributed by atoms with Gasteiger partial charge >= 0.3 is 0 Å². The Hall–Kier alpha value is -0.820. The molecule has 1 aliphatic carbocycles. The fourth-order valence-corrected chi connectivity index (χ4v) is 2.91. The molecule has 0 saturated heterocycles. The highest BCUT2D eigenvalue weighted by molar-refractivity contribution is 5.39. The van der Waals surface area contributed by atoms with Crippen molar-refractivity contribution >= 4 is 0 Å². The molecule has 0 fully saturated rings. The van der Waals surface area contributed by atoms with Crippen molar-refractivity contribution in [3.05, 3.63) is 34.9 Å². The highest BCUT2D eigenvalue weighted by atomic mass is 14.9. The topological polar surface area (TPSA) is 12.0 Å². The van der Waals surface area contributed by atoms with Crippen LogP contribution < -0.4 is 5.32 Å². The van der Waals surface area contributed by atoms with E-state index in [1.165, 1.54) is 24.8 Å². The molecule has 0 aromatic heterocycles.